The molecule has 3 rings (SSSR count). The molecule has 0 saturated carbocycles. The topological polar surface area (TPSA) is 114 Å². The fourth-order valence-electron chi connectivity index (χ4n) is 4.35. The number of halogens is 1. The van der Waals surface area contributed by atoms with Crippen LogP contribution >= 0.6 is 15.9 Å². The molecule has 0 radical (unpaired) electrons. The number of benzene rings is 3. The van der Waals surface area contributed by atoms with Crippen LogP contribution in [0.3, 0.4) is 0 Å². The molecule has 0 spiro atoms. The van der Waals surface area contributed by atoms with E-state index in [-0.39, 0.29) is 28.8 Å². The molecule has 44 heavy (non-hydrogen) atoms. The predicted octanol–water partition coefficient (Wildman–Crippen LogP) is 5.39. The lowest BCUT2D eigenvalue weighted by molar-refractivity contribution is -0.140. The summed E-state index contributed by atoms with van der Waals surface area (Å²) in [6, 6.07) is 17.1. The van der Waals surface area contributed by atoms with Crippen LogP contribution in [0.5, 0.6) is 17.2 Å². The molecule has 3 aromatic carbocycles. The zero-order chi connectivity index (χ0) is 32.7. The molecule has 12 heteroatoms. The largest absolute Gasteiger partial charge is 0.494 e. The summed E-state index contributed by atoms with van der Waals surface area (Å²) in [7, 11) is -1.45. The van der Waals surface area contributed by atoms with Gasteiger partial charge in [0.25, 0.3) is 10.0 Å². The molecule has 3 aromatic rings. The summed E-state index contributed by atoms with van der Waals surface area (Å²) in [6.07, 6.45) is 0. The fourth-order valence-corrected chi connectivity index (χ4v) is 6.05. The van der Waals surface area contributed by atoms with E-state index in [1.165, 1.54) is 37.3 Å². The molecule has 0 fully saturated rings. The van der Waals surface area contributed by atoms with Gasteiger partial charge in [0.15, 0.2) is 11.5 Å². The van der Waals surface area contributed by atoms with Gasteiger partial charge in [-0.15, -0.1) is 0 Å². The number of amides is 2. The van der Waals surface area contributed by atoms with Gasteiger partial charge >= 0.3 is 0 Å². The van der Waals surface area contributed by atoms with Crippen molar-refractivity contribution in [3.8, 4) is 17.2 Å². The van der Waals surface area contributed by atoms with E-state index in [1.807, 2.05) is 52.0 Å². The number of carbonyl (C=O) groups is 2. The Bertz CT molecular complexity index is 1540. The maximum Gasteiger partial charge on any atom is 0.264 e. The number of methoxy groups -OCH3 is 2. The Kier molecular flexibility index (Phi) is 11.7. The number of sulfonamides is 1. The van der Waals surface area contributed by atoms with E-state index in [4.69, 9.17) is 14.2 Å². The molecular formula is C32H40BrN3O7S. The number of carbonyl (C=O) groups excluding carboxylic acids is 2. The predicted molar refractivity (Wildman–Crippen MR) is 174 cm³/mol. The maximum absolute atomic E-state index is 14.2. The SMILES string of the molecule is CCOc1ccc(N(CC(=O)N(Cc2ccc(Br)cc2)[C@@H](C)C(=O)NC(C)(C)C)S(=O)(=O)c2ccc(OC)c(OC)c2)cc1. The summed E-state index contributed by atoms with van der Waals surface area (Å²) >= 11 is 3.42. The van der Waals surface area contributed by atoms with Gasteiger partial charge in [-0.1, -0.05) is 28.1 Å². The first-order valence-electron chi connectivity index (χ1n) is 14.0. The van der Waals surface area contributed by atoms with E-state index in [1.54, 1.807) is 31.2 Å². The van der Waals surface area contributed by atoms with E-state index in [0.29, 0.717) is 18.1 Å². The van der Waals surface area contributed by atoms with Crippen LogP contribution in [0.2, 0.25) is 0 Å². The molecule has 2 amide bonds. The van der Waals surface area contributed by atoms with Gasteiger partial charge in [0.1, 0.15) is 18.3 Å². The Morgan fingerprint density at radius 2 is 1.55 bits per heavy atom. The van der Waals surface area contributed by atoms with Crippen molar-refractivity contribution in [3.63, 3.8) is 0 Å². The minimum absolute atomic E-state index is 0.0817. The van der Waals surface area contributed by atoms with Gasteiger partial charge in [0, 0.05) is 22.6 Å². The third-order valence-electron chi connectivity index (χ3n) is 6.59. The first-order valence-corrected chi connectivity index (χ1v) is 16.3. The summed E-state index contributed by atoms with van der Waals surface area (Å²) < 4.78 is 46.4. The molecule has 10 nitrogen and oxygen atoms in total. The highest BCUT2D eigenvalue weighted by atomic mass is 79.9. The molecular weight excluding hydrogens is 650 g/mol. The highest BCUT2D eigenvalue weighted by Gasteiger charge is 2.34. The second-order valence-corrected chi connectivity index (χ2v) is 13.8. The molecule has 0 aliphatic rings. The first kappa shape index (κ1) is 34.7. The molecule has 0 aliphatic heterocycles. The zero-order valence-corrected chi connectivity index (χ0v) is 28.5. The number of hydrogen-bond donors (Lipinski definition) is 1. The number of nitrogens with one attached hydrogen (secondary N) is 1. The maximum atomic E-state index is 14.2. The highest BCUT2D eigenvalue weighted by molar-refractivity contribution is 9.10. The number of hydrogen-bond acceptors (Lipinski definition) is 7. The van der Waals surface area contributed by atoms with Gasteiger partial charge in [-0.25, -0.2) is 8.42 Å². The van der Waals surface area contributed by atoms with Crippen LogP contribution in [0.4, 0.5) is 5.69 Å². The van der Waals surface area contributed by atoms with Gasteiger partial charge in [-0.05, 0) is 88.7 Å². The quantitative estimate of drug-likeness (QED) is 0.256. The smallest absolute Gasteiger partial charge is 0.264 e. The van der Waals surface area contributed by atoms with Crippen molar-refractivity contribution >= 4 is 43.5 Å². The third kappa shape index (κ3) is 8.88. The molecule has 0 bridgehead atoms. The molecule has 0 aromatic heterocycles. The lowest BCUT2D eigenvalue weighted by Gasteiger charge is -2.33. The van der Waals surface area contributed by atoms with E-state index in [2.05, 4.69) is 21.2 Å². The Balaban J connectivity index is 2.09. The van der Waals surface area contributed by atoms with Crippen molar-refractivity contribution in [3.05, 3.63) is 76.8 Å². The molecule has 1 atom stereocenters. The Hall–Kier alpha value is -3.77. The van der Waals surface area contributed by atoms with Crippen molar-refractivity contribution in [1.82, 2.24) is 10.2 Å². The van der Waals surface area contributed by atoms with Gasteiger partial charge in [0.2, 0.25) is 11.8 Å². The third-order valence-corrected chi connectivity index (χ3v) is 8.89. The molecule has 0 heterocycles. The van der Waals surface area contributed by atoms with Crippen LogP contribution in [-0.4, -0.2) is 64.1 Å². The lowest BCUT2D eigenvalue weighted by Crippen LogP contribution is -2.54. The Labute approximate surface area is 268 Å². The fraction of sp³-hybridized carbons (Fsp3) is 0.375. The number of ether oxygens (including phenoxy) is 3. The summed E-state index contributed by atoms with van der Waals surface area (Å²) in [5.74, 6) is 0.196. The van der Waals surface area contributed by atoms with Gasteiger partial charge in [-0.2, -0.15) is 0 Å². The second-order valence-electron chi connectivity index (χ2n) is 11.0. The lowest BCUT2D eigenvalue weighted by atomic mass is 10.1. The number of nitrogens with zero attached hydrogens (tertiary/aromatic N) is 2. The second kappa shape index (κ2) is 14.8. The van der Waals surface area contributed by atoms with Crippen molar-refractivity contribution in [2.75, 3.05) is 31.7 Å². The van der Waals surface area contributed by atoms with Crippen LogP contribution in [0, 0.1) is 0 Å². The highest BCUT2D eigenvalue weighted by Crippen LogP contribution is 2.33. The molecule has 0 saturated heterocycles. The zero-order valence-electron chi connectivity index (χ0n) is 26.1. The van der Waals surface area contributed by atoms with E-state index < -0.39 is 34.1 Å². The van der Waals surface area contributed by atoms with Crippen LogP contribution in [0.15, 0.2) is 76.1 Å². The summed E-state index contributed by atoms with van der Waals surface area (Å²) in [5, 5.41) is 2.92. The average molecular weight is 691 g/mol. The van der Waals surface area contributed by atoms with Gasteiger partial charge in [-0.3, -0.25) is 13.9 Å². The summed E-state index contributed by atoms with van der Waals surface area (Å²) in [5.41, 5.74) is 0.474. The van der Waals surface area contributed by atoms with Gasteiger partial charge < -0.3 is 24.4 Å². The molecule has 238 valence electrons. The normalized spacial score (nSPS) is 12.2. The number of rotatable bonds is 13. The van der Waals surface area contributed by atoms with Crippen LogP contribution in [0.25, 0.3) is 0 Å². The minimum Gasteiger partial charge on any atom is -0.494 e. The number of anilines is 1. The molecule has 0 aliphatic carbocycles. The standard InChI is InChI=1S/C32H40BrN3O7S/c1-8-43-26-15-13-25(14-16-26)36(44(39,40)27-17-18-28(41-6)29(19-27)42-7)21-30(37)35(20-23-9-11-24(33)12-10-23)22(2)31(38)34-32(3,4)5/h9-19,22H,8,20-21H2,1-7H3,(H,34,38)/t22-/m0/s1. The van der Waals surface area contributed by atoms with Crippen LogP contribution in [-0.2, 0) is 26.2 Å². The first-order chi connectivity index (χ1) is 20.7. The van der Waals surface area contributed by atoms with Crippen molar-refractivity contribution in [2.45, 2.75) is 57.6 Å². The van der Waals surface area contributed by atoms with E-state index >= 15 is 0 Å². The summed E-state index contributed by atoms with van der Waals surface area (Å²) in [6.45, 7) is 8.96. The van der Waals surface area contributed by atoms with Crippen LogP contribution in [0.1, 0.15) is 40.2 Å². The molecule has 1 N–H and O–H groups in total. The Morgan fingerprint density at radius 1 is 0.932 bits per heavy atom. The average Bonchev–Trinajstić information content (AvgIpc) is 2.98. The van der Waals surface area contributed by atoms with Gasteiger partial charge in [0.05, 0.1) is 31.4 Å². The Morgan fingerprint density at radius 3 is 2.09 bits per heavy atom. The monoisotopic (exact) mass is 689 g/mol. The van der Waals surface area contributed by atoms with Crippen molar-refractivity contribution in [1.29, 1.82) is 0 Å². The van der Waals surface area contributed by atoms with Crippen molar-refractivity contribution < 1.29 is 32.2 Å². The minimum atomic E-state index is -4.32. The van der Waals surface area contributed by atoms with Crippen molar-refractivity contribution in [2.24, 2.45) is 0 Å². The van der Waals surface area contributed by atoms with Crippen LogP contribution < -0.4 is 23.8 Å². The van der Waals surface area contributed by atoms with E-state index in [0.717, 1.165) is 14.3 Å². The summed E-state index contributed by atoms with van der Waals surface area (Å²) in [4.78, 5) is 28.7. The molecule has 0 unspecified atom stereocenters. The van der Waals surface area contributed by atoms with E-state index in [9.17, 15) is 18.0 Å².